The van der Waals surface area contributed by atoms with Crippen LogP contribution in [0.3, 0.4) is 0 Å². The number of aromatic amines is 1. The molecule has 142 valence electrons. The predicted molar refractivity (Wildman–Crippen MR) is 93.4 cm³/mol. The van der Waals surface area contributed by atoms with Gasteiger partial charge in [-0.2, -0.15) is 4.31 Å². The molecule has 0 radical (unpaired) electrons. The zero-order chi connectivity index (χ0) is 19.0. The lowest BCUT2D eigenvalue weighted by Crippen LogP contribution is -2.41. The highest BCUT2D eigenvalue weighted by Gasteiger charge is 2.31. The summed E-state index contributed by atoms with van der Waals surface area (Å²) in [4.78, 5) is 17.6. The molecule has 1 N–H and O–H groups in total. The Balaban J connectivity index is 1.47. The zero-order valence-corrected chi connectivity index (χ0v) is 14.9. The van der Waals surface area contributed by atoms with E-state index in [2.05, 4.69) is 9.97 Å². The number of rotatable bonds is 4. The van der Waals surface area contributed by atoms with Gasteiger partial charge in [-0.25, -0.2) is 22.6 Å². The Morgan fingerprint density at radius 2 is 2.04 bits per heavy atom. The summed E-state index contributed by atoms with van der Waals surface area (Å²) in [7, 11) is -3.74. The van der Waals surface area contributed by atoms with E-state index < -0.39 is 21.6 Å². The number of pyridine rings is 1. The quantitative estimate of drug-likeness (QED) is 0.726. The highest BCUT2D eigenvalue weighted by molar-refractivity contribution is 7.89. The summed E-state index contributed by atoms with van der Waals surface area (Å²) in [6.45, 7) is 0.465. The smallest absolute Gasteiger partial charge is 0.417 e. The number of oxazole rings is 1. The highest BCUT2D eigenvalue weighted by atomic mass is 32.2. The monoisotopic (exact) mass is 393 g/mol. The van der Waals surface area contributed by atoms with Crippen LogP contribution in [0, 0.1) is 5.82 Å². The molecule has 0 bridgehead atoms. The van der Waals surface area contributed by atoms with Crippen molar-refractivity contribution < 1.29 is 22.0 Å². The molecule has 1 fully saturated rings. The SMILES string of the molecule is O=c1[nH]c2ccc(S(=O)(=O)N3CCC(Oc4ncccc4F)CC3)cc2o1. The fourth-order valence-electron chi connectivity index (χ4n) is 3.04. The van der Waals surface area contributed by atoms with Crippen molar-refractivity contribution in [2.75, 3.05) is 13.1 Å². The first-order valence-electron chi connectivity index (χ1n) is 8.34. The molecule has 1 aliphatic heterocycles. The molecule has 10 heteroatoms. The Kier molecular flexibility index (Phi) is 4.44. The van der Waals surface area contributed by atoms with Crippen molar-refractivity contribution >= 4 is 21.1 Å². The molecule has 3 aromatic rings. The first-order chi connectivity index (χ1) is 12.9. The number of fused-ring (bicyclic) bond motifs is 1. The van der Waals surface area contributed by atoms with Gasteiger partial charge in [-0.3, -0.25) is 4.98 Å². The summed E-state index contributed by atoms with van der Waals surface area (Å²) in [5, 5.41) is 0. The maximum Gasteiger partial charge on any atom is 0.417 e. The number of nitrogens with one attached hydrogen (secondary N) is 1. The van der Waals surface area contributed by atoms with Crippen LogP contribution in [0.5, 0.6) is 5.88 Å². The largest absolute Gasteiger partial charge is 0.472 e. The van der Waals surface area contributed by atoms with Crippen LogP contribution >= 0.6 is 0 Å². The molecule has 1 aliphatic rings. The fraction of sp³-hybridized carbons (Fsp3) is 0.294. The fourth-order valence-corrected chi connectivity index (χ4v) is 4.53. The van der Waals surface area contributed by atoms with Gasteiger partial charge in [-0.05, 0) is 37.1 Å². The molecule has 2 aromatic heterocycles. The number of ether oxygens (including phenoxy) is 1. The number of benzene rings is 1. The Labute approximate surface area is 153 Å². The lowest BCUT2D eigenvalue weighted by molar-refractivity contribution is 0.124. The second-order valence-corrected chi connectivity index (χ2v) is 8.12. The second kappa shape index (κ2) is 6.78. The molecule has 1 saturated heterocycles. The maximum atomic E-state index is 13.6. The Morgan fingerprint density at radius 3 is 2.78 bits per heavy atom. The molecule has 27 heavy (non-hydrogen) atoms. The summed E-state index contributed by atoms with van der Waals surface area (Å²) in [5.74, 6) is -1.26. The van der Waals surface area contributed by atoms with E-state index >= 15 is 0 Å². The van der Waals surface area contributed by atoms with E-state index in [0.717, 1.165) is 0 Å². The Bertz CT molecular complexity index is 1130. The van der Waals surface area contributed by atoms with E-state index in [0.29, 0.717) is 18.4 Å². The first kappa shape index (κ1) is 17.7. The molecule has 0 unspecified atom stereocenters. The van der Waals surface area contributed by atoms with Gasteiger partial charge in [0.2, 0.25) is 10.0 Å². The highest BCUT2D eigenvalue weighted by Crippen LogP contribution is 2.25. The van der Waals surface area contributed by atoms with Crippen LogP contribution in [0.1, 0.15) is 12.8 Å². The van der Waals surface area contributed by atoms with Gasteiger partial charge in [0, 0.05) is 25.4 Å². The third kappa shape index (κ3) is 3.45. The first-order valence-corrected chi connectivity index (χ1v) is 9.78. The van der Waals surface area contributed by atoms with Gasteiger partial charge in [0.05, 0.1) is 10.4 Å². The van der Waals surface area contributed by atoms with Crippen LogP contribution in [0.25, 0.3) is 11.1 Å². The third-order valence-corrected chi connectivity index (χ3v) is 6.33. The Hall–Kier alpha value is -2.72. The third-order valence-electron chi connectivity index (χ3n) is 4.43. The van der Waals surface area contributed by atoms with Crippen LogP contribution in [-0.4, -0.2) is 41.9 Å². The molecule has 8 nitrogen and oxygen atoms in total. The maximum absolute atomic E-state index is 13.6. The number of hydrogen-bond donors (Lipinski definition) is 1. The lowest BCUT2D eigenvalue weighted by atomic mass is 10.1. The Morgan fingerprint density at radius 1 is 1.26 bits per heavy atom. The van der Waals surface area contributed by atoms with Gasteiger partial charge in [0.1, 0.15) is 6.10 Å². The molecule has 4 rings (SSSR count). The van der Waals surface area contributed by atoms with Gasteiger partial charge in [0.15, 0.2) is 11.4 Å². The minimum atomic E-state index is -3.74. The molecule has 1 aromatic carbocycles. The molecule has 0 spiro atoms. The van der Waals surface area contributed by atoms with Crippen LogP contribution < -0.4 is 10.5 Å². The number of sulfonamides is 1. The average Bonchev–Trinajstić information content (AvgIpc) is 3.03. The van der Waals surface area contributed by atoms with Crippen molar-refractivity contribution in [3.8, 4) is 5.88 Å². The van der Waals surface area contributed by atoms with E-state index in [1.54, 1.807) is 0 Å². The molecular weight excluding hydrogens is 377 g/mol. The van der Waals surface area contributed by atoms with Gasteiger partial charge in [0.25, 0.3) is 5.88 Å². The number of nitrogens with zero attached hydrogens (tertiary/aromatic N) is 2. The van der Waals surface area contributed by atoms with Gasteiger partial charge in [-0.1, -0.05) is 0 Å². The normalized spacial score (nSPS) is 16.6. The average molecular weight is 393 g/mol. The van der Waals surface area contributed by atoms with Crippen molar-refractivity contribution in [2.24, 2.45) is 0 Å². The summed E-state index contributed by atoms with van der Waals surface area (Å²) in [6, 6.07) is 6.98. The van der Waals surface area contributed by atoms with E-state index in [9.17, 15) is 17.6 Å². The summed E-state index contributed by atoms with van der Waals surface area (Å²) < 4.78 is 51.1. The van der Waals surface area contributed by atoms with Crippen molar-refractivity contribution in [3.05, 3.63) is 52.9 Å². The summed E-state index contributed by atoms with van der Waals surface area (Å²) in [5.41, 5.74) is 0.619. The lowest BCUT2D eigenvalue weighted by Gasteiger charge is -2.31. The van der Waals surface area contributed by atoms with E-state index in [1.807, 2.05) is 0 Å². The molecule has 0 amide bonds. The van der Waals surface area contributed by atoms with Gasteiger partial charge >= 0.3 is 5.76 Å². The second-order valence-electron chi connectivity index (χ2n) is 6.18. The standard InChI is InChI=1S/C17H16FN3O5S/c18-13-2-1-7-19-16(13)25-11-5-8-21(9-6-11)27(23,24)12-3-4-14-15(10-12)26-17(22)20-14/h1-4,7,10-11H,5-6,8-9H2,(H,20,22). The van der Waals surface area contributed by atoms with Crippen molar-refractivity contribution in [1.82, 2.24) is 14.3 Å². The van der Waals surface area contributed by atoms with E-state index in [1.165, 1.54) is 40.8 Å². The molecule has 3 heterocycles. The van der Waals surface area contributed by atoms with E-state index in [-0.39, 0.29) is 35.6 Å². The van der Waals surface area contributed by atoms with Crippen molar-refractivity contribution in [1.29, 1.82) is 0 Å². The molecule has 0 saturated carbocycles. The van der Waals surface area contributed by atoms with E-state index in [4.69, 9.17) is 9.15 Å². The van der Waals surface area contributed by atoms with Crippen molar-refractivity contribution in [2.45, 2.75) is 23.8 Å². The zero-order valence-electron chi connectivity index (χ0n) is 14.1. The van der Waals surface area contributed by atoms with Crippen LogP contribution in [-0.2, 0) is 10.0 Å². The number of piperidine rings is 1. The number of H-pyrrole nitrogens is 1. The summed E-state index contributed by atoms with van der Waals surface area (Å²) >= 11 is 0. The number of hydrogen-bond acceptors (Lipinski definition) is 6. The number of halogens is 1. The van der Waals surface area contributed by atoms with Gasteiger partial charge in [-0.15, -0.1) is 0 Å². The minimum absolute atomic E-state index is 0.0490. The van der Waals surface area contributed by atoms with Gasteiger partial charge < -0.3 is 9.15 Å². The number of aromatic nitrogens is 2. The van der Waals surface area contributed by atoms with Crippen LogP contribution in [0.15, 0.2) is 50.6 Å². The topological polar surface area (TPSA) is 106 Å². The molecule has 0 atom stereocenters. The van der Waals surface area contributed by atoms with Crippen molar-refractivity contribution in [3.63, 3.8) is 0 Å². The molecular formula is C17H16FN3O5S. The molecule has 0 aliphatic carbocycles. The van der Waals surface area contributed by atoms with Crippen LogP contribution in [0.2, 0.25) is 0 Å². The van der Waals surface area contributed by atoms with Crippen LogP contribution in [0.4, 0.5) is 4.39 Å². The predicted octanol–water partition coefficient (Wildman–Crippen LogP) is 1.89. The summed E-state index contributed by atoms with van der Waals surface area (Å²) in [6.07, 6.45) is 1.95. The minimum Gasteiger partial charge on any atom is -0.472 e.